The molecule has 0 unspecified atom stereocenters. The zero-order valence-electron chi connectivity index (χ0n) is 7.37. The van der Waals surface area contributed by atoms with Crippen molar-refractivity contribution in [2.24, 2.45) is 0 Å². The van der Waals surface area contributed by atoms with Crippen molar-refractivity contribution in [2.45, 2.75) is 31.4 Å². The van der Waals surface area contributed by atoms with E-state index in [4.69, 9.17) is 5.11 Å². The van der Waals surface area contributed by atoms with Crippen molar-refractivity contribution in [1.82, 2.24) is 0 Å². The fourth-order valence-corrected chi connectivity index (χ4v) is 1.51. The summed E-state index contributed by atoms with van der Waals surface area (Å²) in [7, 11) is 0. The Morgan fingerprint density at radius 2 is 2.17 bits per heavy atom. The second-order valence-corrected chi connectivity index (χ2v) is 4.83. The number of hydrogen-bond donors (Lipinski definition) is 1. The van der Waals surface area contributed by atoms with Gasteiger partial charge < -0.3 is 9.90 Å². The van der Waals surface area contributed by atoms with E-state index in [9.17, 15) is 9.59 Å². The van der Waals surface area contributed by atoms with E-state index in [0.717, 1.165) is 12.7 Å². The van der Waals surface area contributed by atoms with Crippen LogP contribution in [0.2, 0.25) is 0 Å². The van der Waals surface area contributed by atoms with Gasteiger partial charge in [-0.25, -0.2) is 0 Å². The molecule has 0 radical (unpaired) electrons. The number of carbonyl (C=O) groups is 2. The van der Waals surface area contributed by atoms with Gasteiger partial charge in [-0.1, -0.05) is 13.8 Å². The van der Waals surface area contributed by atoms with E-state index in [1.165, 1.54) is 11.8 Å². The van der Waals surface area contributed by atoms with Crippen LogP contribution < -0.4 is 0 Å². The molecule has 0 atom stereocenters. The van der Waals surface area contributed by atoms with Crippen LogP contribution >= 0.6 is 11.8 Å². The molecule has 0 spiro atoms. The highest BCUT2D eigenvalue weighted by atomic mass is 32.2. The van der Waals surface area contributed by atoms with Gasteiger partial charge in [0.15, 0.2) is 0 Å². The lowest BCUT2D eigenvalue weighted by Crippen LogP contribution is -2.17. The molecule has 0 saturated carbocycles. The van der Waals surface area contributed by atoms with Crippen LogP contribution in [0, 0.1) is 0 Å². The predicted octanol–water partition coefficient (Wildman–Crippen LogP) is 1.56. The number of hydrogen-bond acceptors (Lipinski definition) is 3. The van der Waals surface area contributed by atoms with Crippen molar-refractivity contribution in [3.63, 3.8) is 0 Å². The minimum absolute atomic E-state index is 0.103. The van der Waals surface area contributed by atoms with Gasteiger partial charge >= 0.3 is 5.97 Å². The van der Waals surface area contributed by atoms with Crippen LogP contribution in [-0.2, 0) is 9.59 Å². The lowest BCUT2D eigenvalue weighted by Gasteiger charge is -2.21. The molecule has 0 heterocycles. The van der Waals surface area contributed by atoms with E-state index in [-0.39, 0.29) is 10.5 Å². The second kappa shape index (κ2) is 5.19. The molecule has 0 amide bonds. The quantitative estimate of drug-likeness (QED) is 0.646. The number of carboxylic acid groups (broad SMARTS) is 1. The summed E-state index contributed by atoms with van der Waals surface area (Å²) in [6, 6.07) is 0. The van der Waals surface area contributed by atoms with E-state index in [1.54, 1.807) is 0 Å². The Bertz CT molecular complexity index is 166. The Hall–Kier alpha value is -0.510. The van der Waals surface area contributed by atoms with Gasteiger partial charge in [0, 0.05) is 11.2 Å². The highest BCUT2D eigenvalue weighted by Crippen LogP contribution is 2.28. The molecule has 70 valence electrons. The molecular weight excluding hydrogens is 176 g/mol. The first-order chi connectivity index (χ1) is 5.48. The van der Waals surface area contributed by atoms with Gasteiger partial charge in [-0.15, -0.1) is 11.8 Å². The Kier molecular flexibility index (Phi) is 4.97. The van der Waals surface area contributed by atoms with Gasteiger partial charge in [0.2, 0.25) is 0 Å². The smallest absolute Gasteiger partial charge is 0.313 e. The maximum Gasteiger partial charge on any atom is 0.313 e. The van der Waals surface area contributed by atoms with Crippen molar-refractivity contribution >= 4 is 24.0 Å². The molecule has 0 rings (SSSR count). The van der Waals surface area contributed by atoms with E-state index in [2.05, 4.69) is 0 Å². The molecule has 12 heavy (non-hydrogen) atoms. The minimum Gasteiger partial charge on any atom is -0.481 e. The summed E-state index contributed by atoms with van der Waals surface area (Å²) >= 11 is 1.37. The van der Waals surface area contributed by atoms with Gasteiger partial charge in [-0.3, -0.25) is 4.79 Å². The molecular formula is C8H14O3S. The first-order valence-electron chi connectivity index (χ1n) is 3.77. The molecule has 0 aromatic rings. The fraction of sp³-hybridized carbons (Fsp3) is 0.750. The normalized spacial score (nSPS) is 11.2. The van der Waals surface area contributed by atoms with E-state index < -0.39 is 5.97 Å². The number of aldehydes is 1. The third-order valence-electron chi connectivity index (χ3n) is 1.45. The largest absolute Gasteiger partial charge is 0.481 e. The number of aliphatic carboxylic acids is 1. The van der Waals surface area contributed by atoms with Crippen molar-refractivity contribution in [1.29, 1.82) is 0 Å². The topological polar surface area (TPSA) is 54.4 Å². The van der Waals surface area contributed by atoms with E-state index in [0.29, 0.717) is 6.42 Å². The van der Waals surface area contributed by atoms with Crippen LogP contribution in [0.25, 0.3) is 0 Å². The summed E-state index contributed by atoms with van der Waals surface area (Å²) in [6.07, 6.45) is 2.09. The van der Waals surface area contributed by atoms with Crippen LogP contribution in [0.4, 0.5) is 0 Å². The lowest BCUT2D eigenvalue weighted by atomic mass is 10.1. The zero-order chi connectivity index (χ0) is 9.61. The number of carbonyl (C=O) groups excluding carboxylic acids is 1. The average molecular weight is 190 g/mol. The first-order valence-corrected chi connectivity index (χ1v) is 4.76. The highest BCUT2D eigenvalue weighted by Gasteiger charge is 2.18. The molecule has 0 aliphatic rings. The average Bonchev–Trinajstić information content (AvgIpc) is 1.98. The zero-order valence-corrected chi connectivity index (χ0v) is 8.19. The van der Waals surface area contributed by atoms with Crippen LogP contribution in [0.3, 0.4) is 0 Å². The monoisotopic (exact) mass is 190 g/mol. The third kappa shape index (κ3) is 6.22. The molecule has 4 heteroatoms. The summed E-state index contributed by atoms with van der Waals surface area (Å²) in [5.41, 5.74) is 0. The van der Waals surface area contributed by atoms with Crippen LogP contribution in [0.1, 0.15) is 26.7 Å². The molecule has 0 saturated heterocycles. The van der Waals surface area contributed by atoms with E-state index >= 15 is 0 Å². The predicted molar refractivity (Wildman–Crippen MR) is 49.5 cm³/mol. The highest BCUT2D eigenvalue weighted by molar-refractivity contribution is 8.01. The summed E-state index contributed by atoms with van der Waals surface area (Å²) in [5.74, 6) is -0.703. The Morgan fingerprint density at radius 3 is 2.58 bits per heavy atom. The SMILES string of the molecule is CC(C)(CCC=O)SCC(=O)O. The third-order valence-corrected chi connectivity index (χ3v) is 2.83. The summed E-state index contributed by atoms with van der Waals surface area (Å²) in [5, 5.41) is 8.41. The summed E-state index contributed by atoms with van der Waals surface area (Å²) in [4.78, 5) is 20.3. The Labute approximate surface area is 76.5 Å². The van der Waals surface area contributed by atoms with E-state index in [1.807, 2.05) is 13.8 Å². The molecule has 3 nitrogen and oxygen atoms in total. The van der Waals surface area contributed by atoms with Crippen molar-refractivity contribution in [2.75, 3.05) is 5.75 Å². The molecule has 0 aromatic heterocycles. The van der Waals surface area contributed by atoms with Crippen LogP contribution in [-0.4, -0.2) is 27.9 Å². The van der Waals surface area contributed by atoms with Gasteiger partial charge in [-0.2, -0.15) is 0 Å². The Balaban J connectivity index is 3.69. The number of thioether (sulfide) groups is 1. The Morgan fingerprint density at radius 1 is 1.58 bits per heavy atom. The molecule has 1 N–H and O–H groups in total. The standard InChI is InChI=1S/C8H14O3S/c1-8(2,4-3-5-9)12-6-7(10)11/h5H,3-4,6H2,1-2H3,(H,10,11). The number of rotatable bonds is 6. The molecule has 0 aromatic carbocycles. The number of carboxylic acids is 1. The second-order valence-electron chi connectivity index (χ2n) is 3.15. The van der Waals surface area contributed by atoms with Crippen LogP contribution in [0.15, 0.2) is 0 Å². The molecule has 0 bridgehead atoms. The van der Waals surface area contributed by atoms with Crippen molar-refractivity contribution in [3.8, 4) is 0 Å². The van der Waals surface area contributed by atoms with Crippen molar-refractivity contribution in [3.05, 3.63) is 0 Å². The first kappa shape index (κ1) is 11.5. The van der Waals surface area contributed by atoms with Gasteiger partial charge in [0.25, 0.3) is 0 Å². The maximum atomic E-state index is 10.2. The molecule has 0 fully saturated rings. The lowest BCUT2D eigenvalue weighted by molar-refractivity contribution is -0.133. The maximum absolute atomic E-state index is 10.2. The van der Waals surface area contributed by atoms with Gasteiger partial charge in [0.1, 0.15) is 6.29 Å². The van der Waals surface area contributed by atoms with Gasteiger partial charge in [0.05, 0.1) is 5.75 Å². The summed E-state index contributed by atoms with van der Waals surface area (Å²) in [6.45, 7) is 3.90. The summed E-state index contributed by atoms with van der Waals surface area (Å²) < 4.78 is -0.112. The van der Waals surface area contributed by atoms with Crippen molar-refractivity contribution < 1.29 is 14.7 Å². The molecule has 0 aliphatic heterocycles. The fourth-order valence-electron chi connectivity index (χ4n) is 0.736. The van der Waals surface area contributed by atoms with Gasteiger partial charge in [-0.05, 0) is 6.42 Å². The minimum atomic E-state index is -0.806. The molecule has 0 aliphatic carbocycles. The van der Waals surface area contributed by atoms with Crippen LogP contribution in [0.5, 0.6) is 0 Å².